The van der Waals surface area contributed by atoms with Crippen LogP contribution in [-0.4, -0.2) is 25.0 Å². The van der Waals surface area contributed by atoms with Crippen molar-refractivity contribution in [3.63, 3.8) is 0 Å². The van der Waals surface area contributed by atoms with Crippen LogP contribution in [-0.2, 0) is 14.3 Å². The summed E-state index contributed by atoms with van der Waals surface area (Å²) in [7, 11) is 1.31. The standard InChI is InChI=1S/C24H23ClFNO3/c1-15(12-16-6-4-3-5-7-16)23(28)27-19-10-8-17(13-19)22(24(29)30-2)20-11-9-18(26)14-21(20)25/h3-12,14,17,19,22H,13H2,1-2H3,(H,27,28)/b15-12+. The van der Waals surface area contributed by atoms with Crippen molar-refractivity contribution in [1.82, 2.24) is 5.32 Å². The predicted molar refractivity (Wildman–Crippen MR) is 115 cm³/mol. The van der Waals surface area contributed by atoms with Gasteiger partial charge in [-0.3, -0.25) is 9.59 Å². The van der Waals surface area contributed by atoms with E-state index in [2.05, 4.69) is 5.32 Å². The van der Waals surface area contributed by atoms with E-state index >= 15 is 0 Å². The number of carbonyl (C=O) groups is 2. The minimum absolute atomic E-state index is 0.174. The number of hydrogen-bond donors (Lipinski definition) is 1. The minimum Gasteiger partial charge on any atom is -0.469 e. The van der Waals surface area contributed by atoms with Gasteiger partial charge in [-0.05, 0) is 48.6 Å². The number of allylic oxidation sites excluding steroid dienone is 1. The van der Waals surface area contributed by atoms with Crippen LogP contribution in [0.2, 0.25) is 5.02 Å². The molecule has 0 aliphatic heterocycles. The Bertz CT molecular complexity index is 987. The van der Waals surface area contributed by atoms with Crippen LogP contribution in [0.15, 0.2) is 66.3 Å². The molecule has 1 aliphatic carbocycles. The molecule has 156 valence electrons. The highest BCUT2D eigenvalue weighted by Gasteiger charge is 2.35. The van der Waals surface area contributed by atoms with Gasteiger partial charge in [0.2, 0.25) is 5.91 Å². The zero-order valence-corrected chi connectivity index (χ0v) is 17.5. The molecule has 6 heteroatoms. The molecule has 0 radical (unpaired) electrons. The van der Waals surface area contributed by atoms with Crippen molar-refractivity contribution >= 4 is 29.6 Å². The van der Waals surface area contributed by atoms with Crippen LogP contribution in [0.3, 0.4) is 0 Å². The number of amides is 1. The Balaban J connectivity index is 1.71. The van der Waals surface area contributed by atoms with Crippen molar-refractivity contribution in [2.75, 3.05) is 7.11 Å². The third-order valence-corrected chi connectivity index (χ3v) is 5.48. The van der Waals surface area contributed by atoms with Crippen LogP contribution in [0.4, 0.5) is 4.39 Å². The molecule has 0 heterocycles. The number of nitrogens with one attached hydrogen (secondary N) is 1. The Labute approximate surface area is 180 Å². The monoisotopic (exact) mass is 427 g/mol. The van der Waals surface area contributed by atoms with Crippen LogP contribution in [0.1, 0.15) is 30.4 Å². The van der Waals surface area contributed by atoms with E-state index in [0.717, 1.165) is 5.56 Å². The number of methoxy groups -OCH3 is 1. The van der Waals surface area contributed by atoms with Crippen molar-refractivity contribution in [1.29, 1.82) is 0 Å². The Morgan fingerprint density at radius 1 is 1.20 bits per heavy atom. The molecule has 3 unspecified atom stereocenters. The van der Waals surface area contributed by atoms with E-state index in [4.69, 9.17) is 16.3 Å². The fraction of sp³-hybridized carbons (Fsp3) is 0.250. The molecule has 3 rings (SSSR count). The van der Waals surface area contributed by atoms with Crippen LogP contribution in [0.25, 0.3) is 6.08 Å². The number of hydrogen-bond acceptors (Lipinski definition) is 3. The molecule has 0 bridgehead atoms. The average molecular weight is 428 g/mol. The van der Waals surface area contributed by atoms with Gasteiger partial charge in [-0.1, -0.05) is 60.2 Å². The molecule has 2 aromatic rings. The number of esters is 1. The van der Waals surface area contributed by atoms with E-state index in [1.165, 1.54) is 25.3 Å². The fourth-order valence-corrected chi connectivity index (χ4v) is 3.93. The van der Waals surface area contributed by atoms with Crippen LogP contribution >= 0.6 is 11.6 Å². The number of rotatable bonds is 6. The Morgan fingerprint density at radius 3 is 2.60 bits per heavy atom. The average Bonchev–Trinajstić information content (AvgIpc) is 3.18. The lowest BCUT2D eigenvalue weighted by molar-refractivity contribution is -0.143. The molecule has 0 fully saturated rings. The maximum Gasteiger partial charge on any atom is 0.313 e. The first-order valence-electron chi connectivity index (χ1n) is 9.64. The van der Waals surface area contributed by atoms with Crippen molar-refractivity contribution in [2.24, 2.45) is 5.92 Å². The fourth-order valence-electron chi connectivity index (χ4n) is 3.64. The molecule has 3 atom stereocenters. The largest absolute Gasteiger partial charge is 0.469 e. The quantitative estimate of drug-likeness (QED) is 0.405. The number of ether oxygens (including phenoxy) is 1. The summed E-state index contributed by atoms with van der Waals surface area (Å²) in [6.45, 7) is 1.76. The second kappa shape index (κ2) is 9.72. The number of carbonyl (C=O) groups excluding carboxylic acids is 2. The van der Waals surface area contributed by atoms with Gasteiger partial charge < -0.3 is 10.1 Å². The summed E-state index contributed by atoms with van der Waals surface area (Å²) in [5.41, 5.74) is 2.04. The zero-order valence-electron chi connectivity index (χ0n) is 16.8. The summed E-state index contributed by atoms with van der Waals surface area (Å²) >= 11 is 6.19. The van der Waals surface area contributed by atoms with Gasteiger partial charge in [-0.15, -0.1) is 0 Å². The molecule has 1 amide bonds. The Hall–Kier alpha value is -2.92. The molecule has 30 heavy (non-hydrogen) atoms. The summed E-state index contributed by atoms with van der Waals surface area (Å²) in [6.07, 6.45) is 6.08. The minimum atomic E-state index is -0.679. The second-order valence-corrected chi connectivity index (χ2v) is 7.68. The zero-order chi connectivity index (χ0) is 21.7. The smallest absolute Gasteiger partial charge is 0.313 e. The number of halogens is 2. The highest BCUT2D eigenvalue weighted by Crippen LogP contribution is 2.37. The van der Waals surface area contributed by atoms with Gasteiger partial charge in [0.15, 0.2) is 0 Å². The van der Waals surface area contributed by atoms with Gasteiger partial charge in [0, 0.05) is 16.6 Å². The lowest BCUT2D eigenvalue weighted by atomic mass is 9.85. The molecular formula is C24H23ClFNO3. The maximum atomic E-state index is 13.4. The predicted octanol–water partition coefficient (Wildman–Crippen LogP) is 4.90. The highest BCUT2D eigenvalue weighted by molar-refractivity contribution is 6.31. The first-order chi connectivity index (χ1) is 14.4. The highest BCUT2D eigenvalue weighted by atomic mass is 35.5. The van der Waals surface area contributed by atoms with Crippen LogP contribution in [0, 0.1) is 11.7 Å². The lowest BCUT2D eigenvalue weighted by Gasteiger charge is -2.23. The van der Waals surface area contributed by atoms with Gasteiger partial charge in [-0.2, -0.15) is 0 Å². The van der Waals surface area contributed by atoms with E-state index in [9.17, 15) is 14.0 Å². The third kappa shape index (κ3) is 5.16. The second-order valence-electron chi connectivity index (χ2n) is 7.27. The lowest BCUT2D eigenvalue weighted by Crippen LogP contribution is -2.34. The molecule has 0 aromatic heterocycles. The van der Waals surface area contributed by atoms with Crippen molar-refractivity contribution < 1.29 is 18.7 Å². The van der Waals surface area contributed by atoms with Crippen LogP contribution < -0.4 is 5.32 Å². The summed E-state index contributed by atoms with van der Waals surface area (Å²) in [5, 5.41) is 3.15. The van der Waals surface area contributed by atoms with Gasteiger partial charge in [0.05, 0.1) is 13.0 Å². The summed E-state index contributed by atoms with van der Waals surface area (Å²) in [6, 6.07) is 13.3. The van der Waals surface area contributed by atoms with E-state index < -0.39 is 17.7 Å². The normalized spacial score (nSPS) is 19.4. The van der Waals surface area contributed by atoms with E-state index in [-0.39, 0.29) is 22.9 Å². The summed E-state index contributed by atoms with van der Waals surface area (Å²) in [4.78, 5) is 25.0. The molecule has 0 spiro atoms. The van der Waals surface area contributed by atoms with Crippen LogP contribution in [0.5, 0.6) is 0 Å². The Kier molecular flexibility index (Phi) is 7.06. The first-order valence-corrected chi connectivity index (χ1v) is 10.0. The van der Waals surface area contributed by atoms with Crippen molar-refractivity contribution in [3.8, 4) is 0 Å². The van der Waals surface area contributed by atoms with Crippen molar-refractivity contribution in [2.45, 2.75) is 25.3 Å². The molecule has 1 aliphatic rings. The topological polar surface area (TPSA) is 55.4 Å². The SMILES string of the molecule is COC(=O)C(c1ccc(F)cc1Cl)C1C=CC(NC(=O)/C(C)=C/c2ccccc2)C1. The van der Waals surface area contributed by atoms with E-state index in [0.29, 0.717) is 17.6 Å². The molecule has 2 aromatic carbocycles. The summed E-state index contributed by atoms with van der Waals surface area (Å²) < 4.78 is 18.4. The molecule has 1 N–H and O–H groups in total. The molecular weight excluding hydrogens is 405 g/mol. The maximum absolute atomic E-state index is 13.4. The first kappa shape index (κ1) is 21.8. The van der Waals surface area contributed by atoms with Gasteiger partial charge in [-0.25, -0.2) is 4.39 Å². The van der Waals surface area contributed by atoms with Crippen molar-refractivity contribution in [3.05, 3.63) is 88.2 Å². The number of benzene rings is 2. The van der Waals surface area contributed by atoms with Gasteiger partial charge >= 0.3 is 5.97 Å². The molecule has 4 nitrogen and oxygen atoms in total. The third-order valence-electron chi connectivity index (χ3n) is 5.15. The van der Waals surface area contributed by atoms with E-state index in [1.807, 2.05) is 48.6 Å². The van der Waals surface area contributed by atoms with E-state index in [1.54, 1.807) is 6.92 Å². The molecule has 0 saturated carbocycles. The van der Waals surface area contributed by atoms with Gasteiger partial charge in [0.25, 0.3) is 0 Å². The summed E-state index contributed by atoms with van der Waals surface area (Å²) in [5.74, 6) is -2.01. The molecule has 0 saturated heterocycles. The van der Waals surface area contributed by atoms with Gasteiger partial charge in [0.1, 0.15) is 5.82 Å². The Morgan fingerprint density at radius 2 is 1.93 bits per heavy atom.